The van der Waals surface area contributed by atoms with Gasteiger partial charge in [0.25, 0.3) is 0 Å². The van der Waals surface area contributed by atoms with Crippen LogP contribution in [-0.2, 0) is 6.54 Å². The van der Waals surface area contributed by atoms with E-state index in [2.05, 4.69) is 10.3 Å². The first kappa shape index (κ1) is 10.4. The number of ketones is 1. The number of hydrogen-bond acceptors (Lipinski definition) is 3. The molecule has 4 nitrogen and oxygen atoms in total. The van der Waals surface area contributed by atoms with Gasteiger partial charge in [0.1, 0.15) is 0 Å². The summed E-state index contributed by atoms with van der Waals surface area (Å²) in [6.07, 6.45) is 3.56. The predicted molar refractivity (Wildman–Crippen MR) is 57.8 cm³/mol. The first-order valence-corrected chi connectivity index (χ1v) is 5.50. The SMILES string of the molecule is CCn1ccnc1C(=O)C(C)C1CNC1. The van der Waals surface area contributed by atoms with Gasteiger partial charge in [-0.1, -0.05) is 6.92 Å². The van der Waals surface area contributed by atoms with Crippen molar-refractivity contribution in [2.75, 3.05) is 13.1 Å². The summed E-state index contributed by atoms with van der Waals surface area (Å²) < 4.78 is 1.91. The Morgan fingerprint density at radius 2 is 2.47 bits per heavy atom. The minimum atomic E-state index is 0.0824. The van der Waals surface area contributed by atoms with Gasteiger partial charge in [-0.3, -0.25) is 4.79 Å². The molecule has 1 unspecified atom stereocenters. The Hall–Kier alpha value is -1.16. The summed E-state index contributed by atoms with van der Waals surface area (Å²) in [6, 6.07) is 0. The molecule has 4 heteroatoms. The Balaban J connectivity index is 2.12. The standard InChI is InChI=1S/C11H17N3O/c1-3-14-5-4-13-11(14)10(15)8(2)9-6-12-7-9/h4-5,8-9,12H,3,6-7H2,1-2H3. The topological polar surface area (TPSA) is 46.9 Å². The minimum absolute atomic E-state index is 0.0824. The third kappa shape index (κ3) is 1.81. The summed E-state index contributed by atoms with van der Waals surface area (Å²) in [7, 11) is 0. The lowest BCUT2D eigenvalue weighted by Crippen LogP contribution is -2.47. The first-order chi connectivity index (χ1) is 7.24. The van der Waals surface area contributed by atoms with Gasteiger partial charge in [-0.15, -0.1) is 0 Å². The average Bonchev–Trinajstić information content (AvgIpc) is 2.61. The molecule has 1 N–H and O–H groups in total. The Kier molecular flexibility index (Phi) is 2.86. The molecule has 1 saturated heterocycles. The molecule has 0 aromatic carbocycles. The number of hydrogen-bond donors (Lipinski definition) is 1. The molecule has 82 valence electrons. The third-order valence-corrected chi connectivity index (χ3v) is 3.21. The summed E-state index contributed by atoms with van der Waals surface area (Å²) in [5.74, 6) is 1.35. The van der Waals surface area contributed by atoms with Crippen molar-refractivity contribution in [2.24, 2.45) is 11.8 Å². The number of carbonyl (C=O) groups is 1. The summed E-state index contributed by atoms with van der Waals surface area (Å²) in [6.45, 7) is 6.74. The van der Waals surface area contributed by atoms with Crippen molar-refractivity contribution < 1.29 is 4.79 Å². The molecule has 0 bridgehead atoms. The van der Waals surface area contributed by atoms with E-state index in [1.54, 1.807) is 6.20 Å². The van der Waals surface area contributed by atoms with Crippen molar-refractivity contribution in [3.63, 3.8) is 0 Å². The number of imidazole rings is 1. The van der Waals surface area contributed by atoms with E-state index in [-0.39, 0.29) is 11.7 Å². The molecule has 1 aliphatic rings. The molecule has 0 aliphatic carbocycles. The van der Waals surface area contributed by atoms with Gasteiger partial charge in [-0.25, -0.2) is 4.98 Å². The lowest BCUT2D eigenvalue weighted by molar-refractivity contribution is 0.0838. The third-order valence-electron chi connectivity index (χ3n) is 3.21. The Labute approximate surface area is 89.7 Å². The van der Waals surface area contributed by atoms with E-state index in [0.29, 0.717) is 11.7 Å². The van der Waals surface area contributed by atoms with E-state index in [9.17, 15) is 4.79 Å². The molecule has 0 spiro atoms. The van der Waals surface area contributed by atoms with Crippen LogP contribution < -0.4 is 5.32 Å². The molecule has 1 aliphatic heterocycles. The Morgan fingerprint density at radius 1 is 1.73 bits per heavy atom. The molecular formula is C11H17N3O. The Bertz CT molecular complexity index is 354. The molecule has 1 aromatic heterocycles. The molecule has 2 rings (SSSR count). The van der Waals surface area contributed by atoms with Crippen LogP contribution in [0.1, 0.15) is 24.5 Å². The molecule has 0 radical (unpaired) electrons. The van der Waals surface area contributed by atoms with E-state index >= 15 is 0 Å². The largest absolute Gasteiger partial charge is 0.329 e. The van der Waals surface area contributed by atoms with Crippen molar-refractivity contribution in [1.82, 2.24) is 14.9 Å². The highest BCUT2D eigenvalue weighted by Crippen LogP contribution is 2.19. The van der Waals surface area contributed by atoms with Crippen molar-refractivity contribution >= 4 is 5.78 Å². The lowest BCUT2D eigenvalue weighted by Gasteiger charge is -2.31. The maximum Gasteiger partial charge on any atom is 0.201 e. The summed E-state index contributed by atoms with van der Waals surface area (Å²) in [5.41, 5.74) is 0. The van der Waals surface area contributed by atoms with Gasteiger partial charge >= 0.3 is 0 Å². The van der Waals surface area contributed by atoms with Crippen LogP contribution in [0, 0.1) is 11.8 Å². The Morgan fingerprint density at radius 3 is 3.00 bits per heavy atom. The second-order valence-electron chi connectivity index (χ2n) is 4.11. The fourth-order valence-electron chi connectivity index (χ4n) is 1.87. The number of carbonyl (C=O) groups excluding carboxylic acids is 1. The van der Waals surface area contributed by atoms with Gasteiger partial charge in [0.05, 0.1) is 0 Å². The number of aromatic nitrogens is 2. The van der Waals surface area contributed by atoms with Crippen LogP contribution in [0.25, 0.3) is 0 Å². The van der Waals surface area contributed by atoms with Crippen LogP contribution in [0.3, 0.4) is 0 Å². The maximum absolute atomic E-state index is 12.1. The minimum Gasteiger partial charge on any atom is -0.329 e. The molecule has 15 heavy (non-hydrogen) atoms. The lowest BCUT2D eigenvalue weighted by atomic mass is 9.85. The molecule has 1 fully saturated rings. The van der Waals surface area contributed by atoms with E-state index in [1.165, 1.54) is 0 Å². The van der Waals surface area contributed by atoms with E-state index in [0.717, 1.165) is 19.6 Å². The number of nitrogens with one attached hydrogen (secondary N) is 1. The second kappa shape index (κ2) is 4.14. The van der Waals surface area contributed by atoms with Crippen LogP contribution in [0.2, 0.25) is 0 Å². The summed E-state index contributed by atoms with van der Waals surface area (Å²) in [4.78, 5) is 16.3. The first-order valence-electron chi connectivity index (χ1n) is 5.50. The molecule has 1 atom stereocenters. The summed E-state index contributed by atoms with van der Waals surface area (Å²) in [5, 5.41) is 3.19. The second-order valence-corrected chi connectivity index (χ2v) is 4.11. The zero-order valence-corrected chi connectivity index (χ0v) is 9.23. The van der Waals surface area contributed by atoms with Crippen LogP contribution in [0.5, 0.6) is 0 Å². The number of aryl methyl sites for hydroxylation is 1. The molecule has 2 heterocycles. The number of rotatable bonds is 4. The van der Waals surface area contributed by atoms with Gasteiger partial charge in [-0.05, 0) is 25.9 Å². The zero-order valence-electron chi connectivity index (χ0n) is 9.23. The summed E-state index contributed by atoms with van der Waals surface area (Å²) >= 11 is 0. The van der Waals surface area contributed by atoms with Crippen molar-refractivity contribution in [2.45, 2.75) is 20.4 Å². The monoisotopic (exact) mass is 207 g/mol. The molecule has 0 saturated carbocycles. The highest BCUT2D eigenvalue weighted by Gasteiger charge is 2.31. The van der Waals surface area contributed by atoms with Gasteiger partial charge in [0.2, 0.25) is 5.78 Å². The average molecular weight is 207 g/mol. The highest BCUT2D eigenvalue weighted by molar-refractivity contribution is 5.94. The number of nitrogens with zero attached hydrogens (tertiary/aromatic N) is 2. The smallest absolute Gasteiger partial charge is 0.201 e. The van der Waals surface area contributed by atoms with Crippen LogP contribution >= 0.6 is 0 Å². The van der Waals surface area contributed by atoms with E-state index < -0.39 is 0 Å². The van der Waals surface area contributed by atoms with Gasteiger partial charge in [0.15, 0.2) is 5.82 Å². The predicted octanol–water partition coefficient (Wildman–Crippen LogP) is 0.941. The highest BCUT2D eigenvalue weighted by atomic mass is 16.1. The number of Topliss-reactive ketones (excluding diaryl/α,β-unsaturated/α-hetero) is 1. The van der Waals surface area contributed by atoms with Gasteiger partial charge < -0.3 is 9.88 Å². The van der Waals surface area contributed by atoms with Crippen LogP contribution in [0.4, 0.5) is 0 Å². The van der Waals surface area contributed by atoms with Crippen molar-refractivity contribution in [3.8, 4) is 0 Å². The van der Waals surface area contributed by atoms with E-state index in [1.807, 2.05) is 24.6 Å². The van der Waals surface area contributed by atoms with Crippen LogP contribution in [0.15, 0.2) is 12.4 Å². The fourth-order valence-corrected chi connectivity index (χ4v) is 1.87. The van der Waals surface area contributed by atoms with Gasteiger partial charge in [-0.2, -0.15) is 0 Å². The van der Waals surface area contributed by atoms with Crippen LogP contribution in [-0.4, -0.2) is 28.4 Å². The van der Waals surface area contributed by atoms with Crippen molar-refractivity contribution in [1.29, 1.82) is 0 Å². The van der Waals surface area contributed by atoms with E-state index in [4.69, 9.17) is 0 Å². The molecule has 1 aromatic rings. The molecular weight excluding hydrogens is 190 g/mol. The normalized spacial score (nSPS) is 18.5. The molecule has 0 amide bonds. The quantitative estimate of drug-likeness (QED) is 0.747. The zero-order chi connectivity index (χ0) is 10.8. The fraction of sp³-hybridized carbons (Fsp3) is 0.636. The van der Waals surface area contributed by atoms with Gasteiger partial charge in [0, 0.05) is 24.9 Å². The van der Waals surface area contributed by atoms with Crippen molar-refractivity contribution in [3.05, 3.63) is 18.2 Å². The maximum atomic E-state index is 12.1.